The van der Waals surface area contributed by atoms with Crippen LogP contribution in [0, 0.1) is 0 Å². The molecule has 1 unspecified atom stereocenters. The van der Waals surface area contributed by atoms with Gasteiger partial charge in [-0.25, -0.2) is 0 Å². The Labute approximate surface area is 108 Å². The lowest BCUT2D eigenvalue weighted by atomic mass is 10.1. The van der Waals surface area contributed by atoms with Crippen molar-refractivity contribution in [2.75, 3.05) is 12.8 Å². The van der Waals surface area contributed by atoms with Crippen LogP contribution in [0.25, 0.3) is 0 Å². The van der Waals surface area contributed by atoms with E-state index in [2.05, 4.69) is 4.90 Å². The zero-order valence-corrected chi connectivity index (χ0v) is 10.9. The zero-order valence-electron chi connectivity index (χ0n) is 10.9. The van der Waals surface area contributed by atoms with Crippen LogP contribution in [0.5, 0.6) is 0 Å². The molecule has 0 aliphatic heterocycles. The molecule has 98 valence electrons. The molecule has 1 aromatic carbocycles. The number of hydrogen-bond donors (Lipinski definition) is 1. The molecule has 0 bridgehead atoms. The van der Waals surface area contributed by atoms with Gasteiger partial charge in [0.05, 0.1) is 7.11 Å². The molecule has 0 spiro atoms. The van der Waals surface area contributed by atoms with Crippen molar-refractivity contribution in [2.45, 2.75) is 38.4 Å². The SMILES string of the molecule is COC(=O)C(C)N(Cc1ccc(N)cc1)C1CC1. The summed E-state index contributed by atoms with van der Waals surface area (Å²) < 4.78 is 4.83. The van der Waals surface area contributed by atoms with Crippen LogP contribution in [-0.2, 0) is 16.1 Å². The van der Waals surface area contributed by atoms with E-state index >= 15 is 0 Å². The fraction of sp³-hybridized carbons (Fsp3) is 0.500. The predicted octanol–water partition coefficient (Wildman–Crippen LogP) is 1.79. The van der Waals surface area contributed by atoms with Crippen molar-refractivity contribution in [3.63, 3.8) is 0 Å². The van der Waals surface area contributed by atoms with Crippen LogP contribution >= 0.6 is 0 Å². The highest BCUT2D eigenvalue weighted by atomic mass is 16.5. The van der Waals surface area contributed by atoms with Crippen molar-refractivity contribution in [3.8, 4) is 0 Å². The van der Waals surface area contributed by atoms with E-state index < -0.39 is 0 Å². The summed E-state index contributed by atoms with van der Waals surface area (Å²) in [7, 11) is 1.44. The molecule has 1 aliphatic rings. The minimum Gasteiger partial charge on any atom is -0.468 e. The number of hydrogen-bond acceptors (Lipinski definition) is 4. The number of benzene rings is 1. The maximum atomic E-state index is 11.6. The summed E-state index contributed by atoms with van der Waals surface area (Å²) in [5, 5.41) is 0. The Hall–Kier alpha value is -1.55. The third kappa shape index (κ3) is 3.01. The lowest BCUT2D eigenvalue weighted by Gasteiger charge is -2.27. The highest BCUT2D eigenvalue weighted by molar-refractivity contribution is 5.75. The Morgan fingerprint density at radius 1 is 1.44 bits per heavy atom. The van der Waals surface area contributed by atoms with Gasteiger partial charge >= 0.3 is 5.97 Å². The minimum atomic E-state index is -0.194. The Morgan fingerprint density at radius 3 is 2.56 bits per heavy atom. The van der Waals surface area contributed by atoms with Gasteiger partial charge < -0.3 is 10.5 Å². The molecule has 1 saturated carbocycles. The molecule has 0 radical (unpaired) electrons. The molecule has 1 aliphatic carbocycles. The van der Waals surface area contributed by atoms with Gasteiger partial charge in [0.2, 0.25) is 0 Å². The number of esters is 1. The van der Waals surface area contributed by atoms with Crippen LogP contribution in [-0.4, -0.2) is 30.1 Å². The zero-order chi connectivity index (χ0) is 13.1. The first-order chi connectivity index (χ1) is 8.61. The topological polar surface area (TPSA) is 55.6 Å². The van der Waals surface area contributed by atoms with Crippen LogP contribution in [0.15, 0.2) is 24.3 Å². The summed E-state index contributed by atoms with van der Waals surface area (Å²) in [5.74, 6) is -0.169. The second-order valence-electron chi connectivity index (χ2n) is 4.84. The minimum absolute atomic E-state index is 0.169. The average molecular weight is 248 g/mol. The van der Waals surface area contributed by atoms with E-state index in [-0.39, 0.29) is 12.0 Å². The number of nitrogen functional groups attached to an aromatic ring is 1. The second kappa shape index (κ2) is 5.40. The average Bonchev–Trinajstić information content (AvgIpc) is 3.20. The maximum Gasteiger partial charge on any atom is 0.322 e. The molecule has 1 atom stereocenters. The highest BCUT2D eigenvalue weighted by Gasteiger charge is 2.35. The van der Waals surface area contributed by atoms with Crippen molar-refractivity contribution < 1.29 is 9.53 Å². The molecule has 1 aromatic rings. The van der Waals surface area contributed by atoms with E-state index in [1.807, 2.05) is 31.2 Å². The maximum absolute atomic E-state index is 11.6. The fourth-order valence-corrected chi connectivity index (χ4v) is 2.13. The Morgan fingerprint density at radius 2 is 2.06 bits per heavy atom. The van der Waals surface area contributed by atoms with Gasteiger partial charge in [0.1, 0.15) is 6.04 Å². The van der Waals surface area contributed by atoms with E-state index in [4.69, 9.17) is 10.5 Å². The summed E-state index contributed by atoms with van der Waals surface area (Å²) in [6, 6.07) is 8.12. The fourth-order valence-electron chi connectivity index (χ4n) is 2.13. The van der Waals surface area contributed by atoms with Crippen LogP contribution in [0.3, 0.4) is 0 Å². The number of methoxy groups -OCH3 is 1. The van der Waals surface area contributed by atoms with Gasteiger partial charge in [-0.1, -0.05) is 12.1 Å². The standard InChI is InChI=1S/C14H20N2O2/c1-10(14(17)18-2)16(13-7-8-13)9-11-3-5-12(15)6-4-11/h3-6,10,13H,7-9,15H2,1-2H3. The van der Waals surface area contributed by atoms with Gasteiger partial charge in [-0.05, 0) is 37.5 Å². The smallest absolute Gasteiger partial charge is 0.322 e. The molecular weight excluding hydrogens is 228 g/mol. The van der Waals surface area contributed by atoms with E-state index in [0.717, 1.165) is 25.1 Å². The van der Waals surface area contributed by atoms with E-state index in [1.165, 1.54) is 12.7 Å². The molecule has 0 saturated heterocycles. The summed E-state index contributed by atoms with van der Waals surface area (Å²) in [6.45, 7) is 2.67. The molecule has 18 heavy (non-hydrogen) atoms. The van der Waals surface area contributed by atoms with E-state index in [1.54, 1.807) is 0 Å². The lowest BCUT2D eigenvalue weighted by molar-refractivity contribution is -0.146. The van der Waals surface area contributed by atoms with Crippen molar-refractivity contribution in [2.24, 2.45) is 0 Å². The molecule has 2 N–H and O–H groups in total. The predicted molar refractivity (Wildman–Crippen MR) is 70.9 cm³/mol. The Kier molecular flexibility index (Phi) is 3.87. The summed E-state index contributed by atoms with van der Waals surface area (Å²) in [4.78, 5) is 13.9. The summed E-state index contributed by atoms with van der Waals surface area (Å²) in [6.07, 6.45) is 2.33. The number of carbonyl (C=O) groups is 1. The van der Waals surface area contributed by atoms with Gasteiger partial charge in [-0.2, -0.15) is 0 Å². The van der Waals surface area contributed by atoms with Crippen molar-refractivity contribution >= 4 is 11.7 Å². The first-order valence-corrected chi connectivity index (χ1v) is 6.30. The first kappa shape index (κ1) is 12.9. The molecule has 0 amide bonds. The van der Waals surface area contributed by atoms with Gasteiger partial charge in [0, 0.05) is 18.3 Å². The Balaban J connectivity index is 2.06. The molecule has 4 heteroatoms. The van der Waals surface area contributed by atoms with Crippen molar-refractivity contribution in [3.05, 3.63) is 29.8 Å². The second-order valence-corrected chi connectivity index (χ2v) is 4.84. The molecule has 0 heterocycles. The van der Waals surface area contributed by atoms with Crippen molar-refractivity contribution in [1.82, 2.24) is 4.90 Å². The van der Waals surface area contributed by atoms with Crippen molar-refractivity contribution in [1.29, 1.82) is 0 Å². The highest BCUT2D eigenvalue weighted by Crippen LogP contribution is 2.30. The monoisotopic (exact) mass is 248 g/mol. The molecule has 1 fully saturated rings. The summed E-state index contributed by atoms with van der Waals surface area (Å²) in [5.41, 5.74) is 7.61. The normalized spacial score (nSPS) is 16.6. The number of ether oxygens (including phenoxy) is 1. The Bertz CT molecular complexity index is 412. The molecular formula is C14H20N2O2. The van der Waals surface area contributed by atoms with Gasteiger partial charge in [-0.3, -0.25) is 9.69 Å². The molecule has 2 rings (SSSR count). The number of nitrogens with two attached hydrogens (primary N) is 1. The summed E-state index contributed by atoms with van der Waals surface area (Å²) >= 11 is 0. The number of carbonyl (C=O) groups excluding carboxylic acids is 1. The first-order valence-electron chi connectivity index (χ1n) is 6.30. The van der Waals surface area contributed by atoms with E-state index in [9.17, 15) is 4.79 Å². The van der Waals surface area contributed by atoms with Gasteiger partial charge in [0.15, 0.2) is 0 Å². The van der Waals surface area contributed by atoms with Crippen LogP contribution in [0.2, 0.25) is 0 Å². The molecule has 4 nitrogen and oxygen atoms in total. The van der Waals surface area contributed by atoms with Crippen LogP contribution in [0.1, 0.15) is 25.3 Å². The van der Waals surface area contributed by atoms with E-state index in [0.29, 0.717) is 6.04 Å². The lowest BCUT2D eigenvalue weighted by Crippen LogP contribution is -2.40. The number of nitrogens with zero attached hydrogens (tertiary/aromatic N) is 1. The molecule has 0 aromatic heterocycles. The van der Waals surface area contributed by atoms with Crippen LogP contribution < -0.4 is 5.73 Å². The largest absolute Gasteiger partial charge is 0.468 e. The van der Waals surface area contributed by atoms with Crippen LogP contribution in [0.4, 0.5) is 5.69 Å². The quantitative estimate of drug-likeness (QED) is 0.637. The van der Waals surface area contributed by atoms with Gasteiger partial charge in [0.25, 0.3) is 0 Å². The number of anilines is 1. The number of rotatable bonds is 5. The third-order valence-corrected chi connectivity index (χ3v) is 3.40. The van der Waals surface area contributed by atoms with Gasteiger partial charge in [-0.15, -0.1) is 0 Å². The third-order valence-electron chi connectivity index (χ3n) is 3.40.